The number of allylic oxidation sites excluding steroid dienone is 1. The molecule has 4 aromatic rings. The third kappa shape index (κ3) is 6.76. The number of anilines is 2. The lowest BCUT2D eigenvalue weighted by Gasteiger charge is -2.48. The van der Waals surface area contributed by atoms with E-state index >= 15 is 0 Å². The van der Waals surface area contributed by atoms with Crippen molar-refractivity contribution < 1.29 is 31.5 Å². The molecule has 0 bridgehead atoms. The normalized spacial score (nSPS) is 16.0. The van der Waals surface area contributed by atoms with Crippen molar-refractivity contribution in [1.29, 1.82) is 0 Å². The number of pyridine rings is 1. The van der Waals surface area contributed by atoms with Gasteiger partial charge in [0.25, 0.3) is 10.0 Å². The Hall–Kier alpha value is -5.02. The third-order valence-corrected chi connectivity index (χ3v) is 9.58. The zero-order valence-electron chi connectivity index (χ0n) is 25.6. The van der Waals surface area contributed by atoms with Crippen LogP contribution >= 0.6 is 0 Å². The summed E-state index contributed by atoms with van der Waals surface area (Å²) in [5.74, 6) is -1.73. The van der Waals surface area contributed by atoms with E-state index in [2.05, 4.69) is 29.5 Å². The zero-order chi connectivity index (χ0) is 33.3. The number of nitrogens with zero attached hydrogens (tertiary/aromatic N) is 6. The van der Waals surface area contributed by atoms with Gasteiger partial charge < -0.3 is 14.5 Å². The number of halogens is 2. The van der Waals surface area contributed by atoms with E-state index in [1.165, 1.54) is 44.8 Å². The van der Waals surface area contributed by atoms with Crippen molar-refractivity contribution in [2.45, 2.75) is 17.9 Å². The number of amides is 1. The fraction of sp³-hybridized carbons (Fsp3) is 0.281. The molecule has 12 nitrogen and oxygen atoms in total. The highest BCUT2D eigenvalue weighted by molar-refractivity contribution is 7.92. The Bertz CT molecular complexity index is 2000. The average Bonchev–Trinajstić information content (AvgIpc) is 3.02. The quantitative estimate of drug-likeness (QED) is 0.266. The van der Waals surface area contributed by atoms with Crippen LogP contribution in [0.2, 0.25) is 0 Å². The van der Waals surface area contributed by atoms with E-state index in [4.69, 9.17) is 4.74 Å². The van der Waals surface area contributed by atoms with Gasteiger partial charge in [-0.15, -0.1) is 0 Å². The van der Waals surface area contributed by atoms with E-state index in [0.29, 0.717) is 43.4 Å². The van der Waals surface area contributed by atoms with Crippen molar-refractivity contribution in [3.8, 4) is 17.0 Å². The summed E-state index contributed by atoms with van der Waals surface area (Å²) in [5.41, 5.74) is 1.95. The van der Waals surface area contributed by atoms with Crippen molar-refractivity contribution in [2.24, 2.45) is 0 Å². The Balaban J connectivity index is 1.19. The lowest BCUT2D eigenvalue weighted by Crippen LogP contribution is -2.64. The molecular formula is C32H31F2N7O5S. The van der Waals surface area contributed by atoms with Gasteiger partial charge in [0.15, 0.2) is 5.78 Å². The number of likely N-dealkylation sites (tertiary alicyclic amines) is 1. The summed E-state index contributed by atoms with van der Waals surface area (Å²) in [4.78, 5) is 42.2. The molecule has 2 aromatic carbocycles. The number of methoxy groups -OCH3 is 1. The average molecular weight is 664 g/mol. The van der Waals surface area contributed by atoms with Crippen molar-refractivity contribution in [3.05, 3.63) is 78.8 Å². The maximum Gasteiger partial charge on any atom is 0.264 e. The molecule has 2 aliphatic rings. The highest BCUT2D eigenvalue weighted by Gasteiger charge is 2.35. The van der Waals surface area contributed by atoms with Crippen molar-refractivity contribution in [3.63, 3.8) is 0 Å². The van der Waals surface area contributed by atoms with E-state index in [1.807, 2.05) is 18.2 Å². The van der Waals surface area contributed by atoms with Gasteiger partial charge in [0.2, 0.25) is 11.8 Å². The second-order valence-electron chi connectivity index (χ2n) is 11.3. The standard InChI is InChI=1S/C32H31F2N7O5S/c1-20(42)3-8-30(43)41-17-24(18-41)39-9-11-40(12-10-39)31-25-13-21(4-6-27(25)36-19-37-31)22-14-28(32(46-2)35-16-22)38-47(44,45)29-7-5-23(33)15-26(29)34/h3-8,13-16,19,24,38H,9-12,17-18H2,1-2H3/b8-3+. The Labute approximate surface area is 269 Å². The van der Waals surface area contributed by atoms with E-state index in [9.17, 15) is 26.8 Å². The fourth-order valence-corrected chi connectivity index (χ4v) is 6.78. The summed E-state index contributed by atoms with van der Waals surface area (Å²) in [5, 5.41) is 0.794. The number of rotatable bonds is 9. The van der Waals surface area contributed by atoms with Crippen molar-refractivity contribution >= 4 is 44.1 Å². The number of fused-ring (bicyclic) bond motifs is 1. The first-order valence-electron chi connectivity index (χ1n) is 14.8. The van der Waals surface area contributed by atoms with Gasteiger partial charge in [-0.1, -0.05) is 6.07 Å². The van der Waals surface area contributed by atoms with Crippen LogP contribution in [0.3, 0.4) is 0 Å². The Morgan fingerprint density at radius 2 is 1.72 bits per heavy atom. The number of ketones is 1. The zero-order valence-corrected chi connectivity index (χ0v) is 26.4. The lowest BCUT2D eigenvalue weighted by molar-refractivity contribution is -0.133. The topological polar surface area (TPSA) is 138 Å². The van der Waals surface area contributed by atoms with Crippen LogP contribution < -0.4 is 14.4 Å². The number of sulfonamides is 1. The molecule has 2 aliphatic heterocycles. The van der Waals surface area contributed by atoms with E-state index in [0.717, 1.165) is 41.9 Å². The van der Waals surface area contributed by atoms with Crippen LogP contribution in [-0.2, 0) is 19.6 Å². The van der Waals surface area contributed by atoms with Gasteiger partial charge in [0.05, 0.1) is 12.6 Å². The number of ether oxygens (including phenoxy) is 1. The third-order valence-electron chi connectivity index (χ3n) is 8.18. The van der Waals surface area contributed by atoms with Crippen molar-refractivity contribution in [1.82, 2.24) is 24.8 Å². The predicted molar refractivity (Wildman–Crippen MR) is 170 cm³/mol. The summed E-state index contributed by atoms with van der Waals surface area (Å²) in [7, 11) is -3.12. The molecule has 0 atom stereocenters. The molecule has 0 radical (unpaired) electrons. The molecule has 15 heteroatoms. The minimum Gasteiger partial charge on any atom is -0.480 e. The largest absolute Gasteiger partial charge is 0.480 e. The van der Waals surface area contributed by atoms with E-state index < -0.39 is 26.6 Å². The molecule has 2 fully saturated rings. The predicted octanol–water partition coefficient (Wildman–Crippen LogP) is 3.26. The number of piperazine rings is 1. The maximum absolute atomic E-state index is 14.3. The van der Waals surface area contributed by atoms with Gasteiger partial charge in [-0.2, -0.15) is 0 Å². The minimum atomic E-state index is -4.45. The van der Waals surface area contributed by atoms with Crippen LogP contribution in [0, 0.1) is 11.6 Å². The number of nitrogens with one attached hydrogen (secondary N) is 1. The smallest absolute Gasteiger partial charge is 0.264 e. The molecule has 2 saturated heterocycles. The van der Waals surface area contributed by atoms with Crippen LogP contribution in [0.5, 0.6) is 5.88 Å². The van der Waals surface area contributed by atoms with E-state index in [-0.39, 0.29) is 29.3 Å². The summed E-state index contributed by atoms with van der Waals surface area (Å²) in [6, 6.07) is 9.56. The minimum absolute atomic E-state index is 0.0272. The molecule has 47 heavy (non-hydrogen) atoms. The van der Waals surface area contributed by atoms with Crippen LogP contribution in [0.4, 0.5) is 20.3 Å². The molecule has 0 saturated carbocycles. The maximum atomic E-state index is 14.3. The highest BCUT2D eigenvalue weighted by Crippen LogP contribution is 2.34. The number of carbonyl (C=O) groups is 2. The second kappa shape index (κ2) is 13.0. The Morgan fingerprint density at radius 3 is 2.43 bits per heavy atom. The lowest BCUT2D eigenvalue weighted by atomic mass is 10.0. The number of carbonyl (C=O) groups excluding carboxylic acids is 2. The molecule has 0 unspecified atom stereocenters. The van der Waals surface area contributed by atoms with Crippen LogP contribution in [-0.4, -0.2) is 97.3 Å². The van der Waals surface area contributed by atoms with E-state index in [1.54, 1.807) is 4.90 Å². The highest BCUT2D eigenvalue weighted by atomic mass is 32.2. The second-order valence-corrected chi connectivity index (χ2v) is 12.9. The number of hydrogen-bond acceptors (Lipinski definition) is 10. The van der Waals surface area contributed by atoms with Crippen LogP contribution in [0.15, 0.2) is 72.0 Å². The summed E-state index contributed by atoms with van der Waals surface area (Å²) < 4.78 is 61.3. The van der Waals surface area contributed by atoms with Crippen molar-refractivity contribution in [2.75, 3.05) is 56.0 Å². The first kappa shape index (κ1) is 31.9. The molecule has 244 valence electrons. The summed E-state index contributed by atoms with van der Waals surface area (Å²) in [6.45, 7) is 5.62. The molecule has 6 rings (SSSR count). The number of benzene rings is 2. The molecular weight excluding hydrogens is 632 g/mol. The molecule has 1 N–H and O–H groups in total. The van der Waals surface area contributed by atoms with Gasteiger partial charge in [-0.25, -0.2) is 32.2 Å². The Morgan fingerprint density at radius 1 is 0.957 bits per heavy atom. The number of aromatic nitrogens is 3. The van der Waals surface area contributed by atoms with Gasteiger partial charge in [-0.05, 0) is 48.9 Å². The van der Waals surface area contributed by atoms with Crippen LogP contribution in [0.1, 0.15) is 6.92 Å². The van der Waals surface area contributed by atoms with Gasteiger partial charge >= 0.3 is 0 Å². The van der Waals surface area contributed by atoms with Gasteiger partial charge in [-0.3, -0.25) is 19.2 Å². The molecule has 4 heterocycles. The molecule has 0 aliphatic carbocycles. The molecule has 1 amide bonds. The van der Waals surface area contributed by atoms with Crippen LogP contribution in [0.25, 0.3) is 22.0 Å². The van der Waals surface area contributed by atoms with Gasteiger partial charge in [0.1, 0.15) is 34.4 Å². The Kier molecular flexibility index (Phi) is 8.84. The molecule has 2 aromatic heterocycles. The SMILES string of the molecule is COc1ncc(-c2ccc3ncnc(N4CCN(C5CN(C(=O)/C=C/C(C)=O)C5)CC4)c3c2)cc1NS(=O)(=O)c1ccc(F)cc1F. The first-order valence-corrected chi connectivity index (χ1v) is 16.2. The first-order chi connectivity index (χ1) is 22.5. The fourth-order valence-electron chi connectivity index (χ4n) is 5.67. The van der Waals surface area contributed by atoms with Gasteiger partial charge in [0, 0.05) is 74.6 Å². The summed E-state index contributed by atoms with van der Waals surface area (Å²) in [6.07, 6.45) is 5.65. The molecule has 0 spiro atoms. The summed E-state index contributed by atoms with van der Waals surface area (Å²) >= 11 is 0. The number of hydrogen-bond donors (Lipinski definition) is 1. The monoisotopic (exact) mass is 663 g/mol.